The summed E-state index contributed by atoms with van der Waals surface area (Å²) in [6, 6.07) is 0. The Morgan fingerprint density at radius 2 is 1.26 bits per heavy atom. The molecule has 0 aromatic carbocycles. The largest absolute Gasteiger partial charge is 0.394 e. The van der Waals surface area contributed by atoms with Gasteiger partial charge in [-0.3, -0.25) is 28.3 Å². The average molecular weight is 565 g/mol. The predicted octanol–water partition coefficient (Wildman–Crippen LogP) is 1.67. The van der Waals surface area contributed by atoms with Crippen molar-refractivity contribution in [3.8, 4) is 0 Å². The first kappa shape index (κ1) is 26.6. The van der Waals surface area contributed by atoms with Crippen LogP contribution < -0.4 is 20.9 Å². The van der Waals surface area contributed by atoms with Gasteiger partial charge in [-0.05, 0) is 46.0 Å². The van der Waals surface area contributed by atoms with Gasteiger partial charge in [0.1, 0.15) is 33.5 Å². The molecule has 0 radical (unpaired) electrons. The molecule has 2 saturated heterocycles. The summed E-state index contributed by atoms with van der Waals surface area (Å²) >= 11 is 1.80. The van der Waals surface area contributed by atoms with Gasteiger partial charge in [0.25, 0.3) is 11.1 Å². The summed E-state index contributed by atoms with van der Waals surface area (Å²) in [5.41, 5.74) is 0.242. The van der Waals surface area contributed by atoms with E-state index in [0.29, 0.717) is 45.2 Å². The number of aryl methyl sites for hydroxylation is 2. The summed E-state index contributed by atoms with van der Waals surface area (Å²) in [6.45, 7) is 5.37. The lowest BCUT2D eigenvalue weighted by Gasteiger charge is -2.13. The average Bonchev–Trinajstić information content (AvgIpc) is 3.64. The fourth-order valence-corrected chi connectivity index (χ4v) is 6.48. The monoisotopic (exact) mass is 564 g/mol. The lowest BCUT2D eigenvalue weighted by molar-refractivity contribution is -0.0214. The van der Waals surface area contributed by atoms with E-state index in [2.05, 4.69) is 26.9 Å². The van der Waals surface area contributed by atoms with E-state index >= 15 is 0 Å². The second-order valence-corrected chi connectivity index (χ2v) is 11.2. The number of nitrogens with one attached hydrogen (secondary N) is 2. The van der Waals surface area contributed by atoms with Crippen LogP contribution in [0.4, 0.5) is 0 Å². The van der Waals surface area contributed by atoms with Gasteiger partial charge in [0.2, 0.25) is 0 Å². The van der Waals surface area contributed by atoms with Crippen LogP contribution in [0.1, 0.15) is 63.1 Å². The van der Waals surface area contributed by atoms with Crippen LogP contribution in [0.3, 0.4) is 0 Å². The standard InChI is InChI=1S/C12H15N3O3S.C11H13N3O4S/c1-3-7-4-5-8(18-7)15-10-9(19-12(15)17)11(16)14-6(2)13-10;1-5-12-9-8(10(16)13-5)19-11(17)14(9)7-3-2-6(4-15)18-7/h7-8H,3-5H2,1-2H3,(H,13,14,16);6-7,15H,2-4H2,1H3,(H,12,13,16)/t7-,8?;6-,7?/m10/s1. The molecule has 4 aromatic heterocycles. The minimum atomic E-state index is -0.452. The van der Waals surface area contributed by atoms with Crippen molar-refractivity contribution < 1.29 is 14.6 Å². The Bertz CT molecular complexity index is 1590. The number of aromatic amines is 2. The lowest BCUT2D eigenvalue weighted by Crippen LogP contribution is -2.22. The maximum atomic E-state index is 12.1. The van der Waals surface area contributed by atoms with E-state index in [1.807, 2.05) is 0 Å². The highest BCUT2D eigenvalue weighted by Gasteiger charge is 2.30. The summed E-state index contributed by atoms with van der Waals surface area (Å²) in [5.74, 6) is 0.967. The van der Waals surface area contributed by atoms with E-state index in [-0.39, 0.29) is 45.9 Å². The quantitative estimate of drug-likeness (QED) is 0.333. The first-order chi connectivity index (χ1) is 18.2. The summed E-state index contributed by atoms with van der Waals surface area (Å²) in [5, 5.41) is 9.07. The van der Waals surface area contributed by atoms with Gasteiger partial charge in [-0.15, -0.1) is 0 Å². The summed E-state index contributed by atoms with van der Waals surface area (Å²) in [4.78, 5) is 61.0. The zero-order valence-electron chi connectivity index (χ0n) is 21.1. The number of fused-ring (bicyclic) bond motifs is 2. The zero-order chi connectivity index (χ0) is 27.1. The van der Waals surface area contributed by atoms with Crippen LogP contribution in [0.15, 0.2) is 19.2 Å². The van der Waals surface area contributed by atoms with Crippen molar-refractivity contribution in [1.29, 1.82) is 0 Å². The number of aliphatic hydroxyl groups excluding tert-OH is 1. The molecule has 204 valence electrons. The molecule has 2 aliphatic rings. The van der Waals surface area contributed by atoms with E-state index in [1.54, 1.807) is 13.8 Å². The second-order valence-electron chi connectivity index (χ2n) is 9.26. The number of aromatic nitrogens is 6. The van der Waals surface area contributed by atoms with E-state index < -0.39 is 6.23 Å². The van der Waals surface area contributed by atoms with Gasteiger partial charge in [0.05, 0.1) is 18.8 Å². The highest BCUT2D eigenvalue weighted by molar-refractivity contribution is 7.16. The van der Waals surface area contributed by atoms with Crippen molar-refractivity contribution in [3.05, 3.63) is 51.7 Å². The number of hydrogen-bond acceptors (Lipinski definition) is 11. The number of nitrogens with zero attached hydrogens (tertiary/aromatic N) is 4. The van der Waals surface area contributed by atoms with Crippen molar-refractivity contribution in [2.75, 3.05) is 6.61 Å². The first-order valence-electron chi connectivity index (χ1n) is 12.4. The van der Waals surface area contributed by atoms with Gasteiger partial charge in [-0.25, -0.2) is 9.97 Å². The molecular weight excluding hydrogens is 536 g/mol. The van der Waals surface area contributed by atoms with Crippen molar-refractivity contribution in [2.45, 2.75) is 77.5 Å². The minimum absolute atomic E-state index is 0.0691. The van der Waals surface area contributed by atoms with Gasteiger partial charge in [-0.1, -0.05) is 29.6 Å². The van der Waals surface area contributed by atoms with Gasteiger partial charge < -0.3 is 24.5 Å². The van der Waals surface area contributed by atoms with Gasteiger partial charge in [0.15, 0.2) is 11.3 Å². The molecule has 0 spiro atoms. The Morgan fingerprint density at radius 1 is 0.816 bits per heavy atom. The Hall–Kier alpha value is -2.98. The van der Waals surface area contributed by atoms with Crippen molar-refractivity contribution in [1.82, 2.24) is 29.1 Å². The fraction of sp³-hybridized carbons (Fsp3) is 0.565. The van der Waals surface area contributed by atoms with Gasteiger partial charge >= 0.3 is 9.75 Å². The third kappa shape index (κ3) is 4.91. The van der Waals surface area contributed by atoms with Crippen LogP contribution >= 0.6 is 22.7 Å². The van der Waals surface area contributed by atoms with Crippen LogP contribution in [0.25, 0.3) is 20.7 Å². The molecule has 13 nitrogen and oxygen atoms in total. The molecule has 6 heterocycles. The molecule has 2 unspecified atom stereocenters. The number of aliphatic hydroxyl groups is 1. The van der Waals surface area contributed by atoms with E-state index in [1.165, 1.54) is 9.13 Å². The third-order valence-corrected chi connectivity index (χ3v) is 8.48. The lowest BCUT2D eigenvalue weighted by atomic mass is 10.2. The molecular formula is C23H28N6O7S2. The smallest absolute Gasteiger partial charge is 0.311 e. The topological polar surface area (TPSA) is 174 Å². The number of thiazole rings is 2. The number of ether oxygens (including phenoxy) is 2. The van der Waals surface area contributed by atoms with E-state index in [0.717, 1.165) is 41.9 Å². The van der Waals surface area contributed by atoms with E-state index in [9.17, 15) is 19.2 Å². The Kier molecular flexibility index (Phi) is 7.46. The number of hydrogen-bond donors (Lipinski definition) is 3. The fourth-order valence-electron chi connectivity index (χ4n) is 4.77. The van der Waals surface area contributed by atoms with Crippen LogP contribution in [-0.2, 0) is 9.47 Å². The normalized spacial score (nSPS) is 23.3. The Labute approximate surface area is 222 Å². The number of rotatable bonds is 4. The SMILES string of the molecule is CC[C@@H]1CCC(n2c(=O)sc3c(=O)[nH]c(C)nc32)O1.Cc1nc2c(sc(=O)n2C2CC[C@@H](CO)O2)c(=O)[nH]1. The van der Waals surface area contributed by atoms with Crippen LogP contribution in [-0.4, -0.2) is 53.0 Å². The molecule has 0 aliphatic carbocycles. The first-order valence-corrected chi connectivity index (χ1v) is 14.0. The highest BCUT2D eigenvalue weighted by atomic mass is 32.1. The number of H-pyrrole nitrogens is 2. The molecule has 0 amide bonds. The molecule has 0 bridgehead atoms. The van der Waals surface area contributed by atoms with Crippen molar-refractivity contribution in [3.63, 3.8) is 0 Å². The molecule has 38 heavy (non-hydrogen) atoms. The Balaban J connectivity index is 0.000000155. The molecule has 6 rings (SSSR count). The second kappa shape index (κ2) is 10.6. The maximum absolute atomic E-state index is 12.1. The molecule has 4 aromatic rings. The molecule has 2 fully saturated rings. The maximum Gasteiger partial charge on any atom is 0.311 e. The summed E-state index contributed by atoms with van der Waals surface area (Å²) in [7, 11) is 0. The highest BCUT2D eigenvalue weighted by Crippen LogP contribution is 2.31. The van der Waals surface area contributed by atoms with Crippen LogP contribution in [0.2, 0.25) is 0 Å². The van der Waals surface area contributed by atoms with Crippen LogP contribution in [0.5, 0.6) is 0 Å². The molecule has 2 aliphatic heterocycles. The van der Waals surface area contributed by atoms with Crippen LogP contribution in [0, 0.1) is 13.8 Å². The molecule has 4 atom stereocenters. The predicted molar refractivity (Wildman–Crippen MR) is 142 cm³/mol. The van der Waals surface area contributed by atoms with E-state index in [4.69, 9.17) is 14.6 Å². The van der Waals surface area contributed by atoms with Crippen molar-refractivity contribution >= 4 is 43.4 Å². The minimum Gasteiger partial charge on any atom is -0.394 e. The van der Waals surface area contributed by atoms with Crippen molar-refractivity contribution in [2.24, 2.45) is 0 Å². The summed E-state index contributed by atoms with van der Waals surface area (Å²) in [6.07, 6.45) is 3.17. The Morgan fingerprint density at radius 3 is 1.66 bits per heavy atom. The third-order valence-electron chi connectivity index (χ3n) is 6.59. The zero-order valence-corrected chi connectivity index (χ0v) is 22.7. The summed E-state index contributed by atoms with van der Waals surface area (Å²) < 4.78 is 15.1. The van der Waals surface area contributed by atoms with Gasteiger partial charge in [-0.2, -0.15) is 0 Å². The van der Waals surface area contributed by atoms with Gasteiger partial charge in [0, 0.05) is 0 Å². The molecule has 15 heteroatoms. The molecule has 0 saturated carbocycles. The molecule has 3 N–H and O–H groups in total.